The smallest absolute Gasteiger partial charge is 0.323 e. The van der Waals surface area contributed by atoms with E-state index in [0.29, 0.717) is 12.4 Å². The zero-order valence-electron chi connectivity index (χ0n) is 11.2. The molecule has 1 rings (SSSR count). The standard InChI is InChI=1S/C14H21NO2S/c1-4-17-14(16)13(15)9-18-8-12-6-10(2)5-11(3)7-12/h5-7,13H,4,8-9,15H2,1-3H3. The number of aryl methyl sites for hydroxylation is 2. The molecular formula is C14H21NO2S. The molecule has 18 heavy (non-hydrogen) atoms. The highest BCUT2D eigenvalue weighted by molar-refractivity contribution is 7.98. The summed E-state index contributed by atoms with van der Waals surface area (Å²) in [7, 11) is 0. The number of nitrogens with two attached hydrogens (primary N) is 1. The highest BCUT2D eigenvalue weighted by Crippen LogP contribution is 2.16. The largest absolute Gasteiger partial charge is 0.465 e. The van der Waals surface area contributed by atoms with Crippen molar-refractivity contribution in [2.45, 2.75) is 32.6 Å². The Kier molecular flexibility index (Phi) is 6.22. The van der Waals surface area contributed by atoms with E-state index in [1.165, 1.54) is 16.7 Å². The van der Waals surface area contributed by atoms with Crippen LogP contribution in [0.5, 0.6) is 0 Å². The summed E-state index contributed by atoms with van der Waals surface area (Å²) in [5, 5.41) is 0. The number of thioether (sulfide) groups is 1. The molecule has 0 saturated heterocycles. The van der Waals surface area contributed by atoms with Gasteiger partial charge in [0.2, 0.25) is 0 Å². The summed E-state index contributed by atoms with van der Waals surface area (Å²) in [5.41, 5.74) is 9.53. The summed E-state index contributed by atoms with van der Waals surface area (Å²) in [6, 6.07) is 5.95. The van der Waals surface area contributed by atoms with Crippen LogP contribution in [0.4, 0.5) is 0 Å². The maximum absolute atomic E-state index is 11.3. The molecule has 0 aromatic heterocycles. The fraction of sp³-hybridized carbons (Fsp3) is 0.500. The summed E-state index contributed by atoms with van der Waals surface area (Å²) >= 11 is 1.66. The van der Waals surface area contributed by atoms with Crippen molar-refractivity contribution in [3.8, 4) is 0 Å². The van der Waals surface area contributed by atoms with Gasteiger partial charge in [0.05, 0.1) is 6.61 Å². The molecular weight excluding hydrogens is 246 g/mol. The van der Waals surface area contributed by atoms with E-state index in [4.69, 9.17) is 10.5 Å². The quantitative estimate of drug-likeness (QED) is 0.804. The minimum atomic E-state index is -0.527. The van der Waals surface area contributed by atoms with Crippen molar-refractivity contribution >= 4 is 17.7 Å². The van der Waals surface area contributed by atoms with Crippen LogP contribution >= 0.6 is 11.8 Å². The summed E-state index contributed by atoms with van der Waals surface area (Å²) in [4.78, 5) is 11.3. The Balaban J connectivity index is 2.39. The Bertz CT molecular complexity index is 387. The maximum atomic E-state index is 11.3. The van der Waals surface area contributed by atoms with Crippen LogP contribution in [0.25, 0.3) is 0 Å². The summed E-state index contributed by atoms with van der Waals surface area (Å²) < 4.78 is 4.87. The van der Waals surface area contributed by atoms with E-state index in [-0.39, 0.29) is 5.97 Å². The van der Waals surface area contributed by atoms with E-state index in [1.807, 2.05) is 0 Å². The zero-order valence-corrected chi connectivity index (χ0v) is 12.0. The van der Waals surface area contributed by atoms with E-state index >= 15 is 0 Å². The molecule has 0 aliphatic carbocycles. The van der Waals surface area contributed by atoms with Gasteiger partial charge in [0, 0.05) is 11.5 Å². The van der Waals surface area contributed by atoms with E-state index in [9.17, 15) is 4.79 Å². The molecule has 0 bridgehead atoms. The number of hydrogen-bond donors (Lipinski definition) is 1. The molecule has 1 aromatic carbocycles. The van der Waals surface area contributed by atoms with Crippen molar-refractivity contribution < 1.29 is 9.53 Å². The molecule has 1 unspecified atom stereocenters. The van der Waals surface area contributed by atoms with Gasteiger partial charge in [0.15, 0.2) is 0 Å². The van der Waals surface area contributed by atoms with Gasteiger partial charge < -0.3 is 10.5 Å². The number of carbonyl (C=O) groups is 1. The predicted molar refractivity (Wildman–Crippen MR) is 76.7 cm³/mol. The highest BCUT2D eigenvalue weighted by atomic mass is 32.2. The Hall–Kier alpha value is -1.00. The minimum Gasteiger partial charge on any atom is -0.465 e. The summed E-state index contributed by atoms with van der Waals surface area (Å²) in [6.07, 6.45) is 0. The van der Waals surface area contributed by atoms with E-state index in [1.54, 1.807) is 18.7 Å². The van der Waals surface area contributed by atoms with Crippen molar-refractivity contribution in [1.82, 2.24) is 0 Å². The minimum absolute atomic E-state index is 0.314. The van der Waals surface area contributed by atoms with Gasteiger partial charge >= 0.3 is 5.97 Å². The van der Waals surface area contributed by atoms with Gasteiger partial charge in [-0.3, -0.25) is 4.79 Å². The molecule has 4 heteroatoms. The molecule has 100 valence electrons. The number of benzene rings is 1. The molecule has 2 N–H and O–H groups in total. The van der Waals surface area contributed by atoms with Crippen LogP contribution in [0.3, 0.4) is 0 Å². The van der Waals surface area contributed by atoms with Gasteiger partial charge in [-0.05, 0) is 26.3 Å². The fourth-order valence-corrected chi connectivity index (χ4v) is 2.68. The van der Waals surface area contributed by atoms with Gasteiger partial charge in [-0.1, -0.05) is 29.3 Å². The highest BCUT2D eigenvalue weighted by Gasteiger charge is 2.14. The number of hydrogen-bond acceptors (Lipinski definition) is 4. The van der Waals surface area contributed by atoms with Crippen molar-refractivity contribution in [1.29, 1.82) is 0 Å². The summed E-state index contributed by atoms with van der Waals surface area (Å²) in [6.45, 7) is 6.35. The Morgan fingerprint density at radius 2 is 1.94 bits per heavy atom. The van der Waals surface area contributed by atoms with Crippen molar-refractivity contribution in [2.24, 2.45) is 5.73 Å². The normalized spacial score (nSPS) is 12.2. The van der Waals surface area contributed by atoms with E-state index < -0.39 is 6.04 Å². The SMILES string of the molecule is CCOC(=O)C(N)CSCc1cc(C)cc(C)c1. The van der Waals surface area contributed by atoms with Gasteiger partial charge in [-0.25, -0.2) is 0 Å². The van der Waals surface area contributed by atoms with Gasteiger partial charge in [-0.15, -0.1) is 0 Å². The second-order valence-electron chi connectivity index (χ2n) is 4.37. The van der Waals surface area contributed by atoms with Crippen LogP contribution in [0.2, 0.25) is 0 Å². The third-order valence-electron chi connectivity index (χ3n) is 2.44. The lowest BCUT2D eigenvalue weighted by atomic mass is 10.1. The lowest BCUT2D eigenvalue weighted by Gasteiger charge is -2.10. The molecule has 0 amide bonds. The predicted octanol–water partition coefficient (Wildman–Crippen LogP) is 2.43. The second-order valence-corrected chi connectivity index (χ2v) is 5.40. The summed E-state index contributed by atoms with van der Waals surface area (Å²) in [5.74, 6) is 1.15. The Labute approximate surface area is 113 Å². The molecule has 1 atom stereocenters. The van der Waals surface area contributed by atoms with Crippen LogP contribution in [0.15, 0.2) is 18.2 Å². The molecule has 0 aliphatic rings. The average molecular weight is 267 g/mol. The van der Waals surface area contributed by atoms with Crippen LogP contribution in [0, 0.1) is 13.8 Å². The van der Waals surface area contributed by atoms with Crippen LogP contribution in [0.1, 0.15) is 23.6 Å². The van der Waals surface area contributed by atoms with Gasteiger partial charge in [-0.2, -0.15) is 11.8 Å². The first-order chi connectivity index (χ1) is 8.52. The van der Waals surface area contributed by atoms with Crippen molar-refractivity contribution in [3.63, 3.8) is 0 Å². The molecule has 0 aliphatic heterocycles. The Morgan fingerprint density at radius 3 is 2.50 bits per heavy atom. The first-order valence-electron chi connectivity index (χ1n) is 6.10. The van der Waals surface area contributed by atoms with Crippen LogP contribution in [-0.4, -0.2) is 24.4 Å². The number of ether oxygens (including phenoxy) is 1. The zero-order chi connectivity index (χ0) is 13.5. The monoisotopic (exact) mass is 267 g/mol. The number of esters is 1. The van der Waals surface area contributed by atoms with E-state index in [2.05, 4.69) is 32.0 Å². The molecule has 1 aromatic rings. The average Bonchev–Trinajstić information content (AvgIpc) is 2.27. The lowest BCUT2D eigenvalue weighted by Crippen LogP contribution is -2.34. The first kappa shape index (κ1) is 15.1. The van der Waals surface area contributed by atoms with Gasteiger partial charge in [0.1, 0.15) is 6.04 Å². The molecule has 3 nitrogen and oxygen atoms in total. The number of rotatable bonds is 6. The van der Waals surface area contributed by atoms with E-state index in [0.717, 1.165) is 5.75 Å². The molecule has 0 radical (unpaired) electrons. The third kappa shape index (κ3) is 5.10. The maximum Gasteiger partial charge on any atom is 0.323 e. The molecule has 0 heterocycles. The van der Waals surface area contributed by atoms with Gasteiger partial charge in [0.25, 0.3) is 0 Å². The third-order valence-corrected chi connectivity index (χ3v) is 3.57. The first-order valence-corrected chi connectivity index (χ1v) is 7.25. The molecule has 0 spiro atoms. The fourth-order valence-electron chi connectivity index (χ4n) is 1.77. The van der Waals surface area contributed by atoms with Crippen molar-refractivity contribution in [3.05, 3.63) is 34.9 Å². The molecule has 0 fully saturated rings. The second kappa shape index (κ2) is 7.44. The molecule has 0 saturated carbocycles. The Morgan fingerprint density at radius 1 is 1.33 bits per heavy atom. The number of carbonyl (C=O) groups excluding carboxylic acids is 1. The van der Waals surface area contributed by atoms with Crippen LogP contribution < -0.4 is 5.73 Å². The van der Waals surface area contributed by atoms with Crippen LogP contribution in [-0.2, 0) is 15.3 Å². The topological polar surface area (TPSA) is 52.3 Å². The lowest BCUT2D eigenvalue weighted by molar-refractivity contribution is -0.144. The van der Waals surface area contributed by atoms with Crippen molar-refractivity contribution in [2.75, 3.05) is 12.4 Å².